The summed E-state index contributed by atoms with van der Waals surface area (Å²) in [6.45, 7) is 2.53. The number of hydrogen-bond donors (Lipinski definition) is 3. The quantitative estimate of drug-likeness (QED) is 0.311. The van der Waals surface area contributed by atoms with Gasteiger partial charge in [0.1, 0.15) is 6.33 Å². The van der Waals surface area contributed by atoms with Crippen LogP contribution < -0.4 is 5.32 Å². The second-order valence-corrected chi connectivity index (χ2v) is 11.1. The Morgan fingerprint density at radius 1 is 1.27 bits per heavy atom. The molecule has 0 radical (unpaired) electrons. The largest absolute Gasteiger partial charge is 0.465 e. The summed E-state index contributed by atoms with van der Waals surface area (Å²) < 4.78 is 28.6. The van der Waals surface area contributed by atoms with Crippen molar-refractivity contribution in [3.8, 4) is 11.8 Å². The average molecular weight is 651 g/mol. The van der Waals surface area contributed by atoms with Crippen LogP contribution in [0, 0.1) is 16.7 Å². The van der Waals surface area contributed by atoms with Gasteiger partial charge in [-0.15, -0.1) is 0 Å². The van der Waals surface area contributed by atoms with Gasteiger partial charge in [-0.05, 0) is 49.2 Å². The summed E-state index contributed by atoms with van der Waals surface area (Å²) in [5.74, 6) is -1.77. The van der Waals surface area contributed by atoms with Gasteiger partial charge in [0.25, 0.3) is 12.3 Å². The van der Waals surface area contributed by atoms with Gasteiger partial charge in [-0.1, -0.05) is 45.7 Å². The molecule has 3 N–H and O–H groups in total. The van der Waals surface area contributed by atoms with E-state index in [-0.39, 0.29) is 28.7 Å². The molecule has 1 unspecified atom stereocenters. The maximum Gasteiger partial charge on any atom is 0.411 e. The zero-order chi connectivity index (χ0) is 30.1. The molecule has 3 aromatic rings. The maximum absolute atomic E-state index is 14.4. The zero-order valence-corrected chi connectivity index (χ0v) is 23.9. The van der Waals surface area contributed by atoms with Crippen LogP contribution in [-0.2, 0) is 10.3 Å². The van der Waals surface area contributed by atoms with E-state index in [1.165, 1.54) is 18.2 Å². The Hall–Kier alpha value is -3.93. The lowest BCUT2D eigenvalue weighted by Crippen LogP contribution is -2.49. The number of nitrogens with one attached hydrogen (secondary N) is 1. The number of aliphatic imine (C=N–C) groups is 1. The first kappa shape index (κ1) is 30.0. The smallest absolute Gasteiger partial charge is 0.411 e. The summed E-state index contributed by atoms with van der Waals surface area (Å²) in [6.07, 6.45) is -3.69. The molecule has 0 aliphatic carbocycles. The summed E-state index contributed by atoms with van der Waals surface area (Å²) in [6, 6.07) is 11.7. The number of halogens is 4. The van der Waals surface area contributed by atoms with Gasteiger partial charge in [-0.25, -0.2) is 28.2 Å². The van der Waals surface area contributed by atoms with Gasteiger partial charge in [0.05, 0.1) is 34.8 Å². The van der Waals surface area contributed by atoms with E-state index in [2.05, 4.69) is 42.4 Å². The Kier molecular flexibility index (Phi) is 8.44. The van der Waals surface area contributed by atoms with E-state index in [4.69, 9.17) is 11.6 Å². The first-order valence-electron chi connectivity index (χ1n) is 12.0. The lowest BCUT2D eigenvalue weighted by molar-refractivity contribution is -0.134. The van der Waals surface area contributed by atoms with Crippen molar-refractivity contribution in [2.24, 2.45) is 10.4 Å². The van der Waals surface area contributed by atoms with Crippen LogP contribution in [0.1, 0.15) is 49.7 Å². The molecule has 4 rings (SSSR count). The number of carboxylic acid groups (broad SMARTS) is 1. The van der Waals surface area contributed by atoms with Gasteiger partial charge in [0.2, 0.25) is 5.96 Å². The summed E-state index contributed by atoms with van der Waals surface area (Å²) >= 11 is 9.65. The number of aliphatic hydroxyl groups excluding tert-OH is 1. The Morgan fingerprint density at radius 2 is 1.95 bits per heavy atom. The highest BCUT2D eigenvalue weighted by Gasteiger charge is 2.54. The summed E-state index contributed by atoms with van der Waals surface area (Å²) in [5, 5.41) is 35.9. The molecule has 2 atom stereocenters. The van der Waals surface area contributed by atoms with Crippen LogP contribution in [0.15, 0.2) is 58.3 Å². The van der Waals surface area contributed by atoms with Crippen molar-refractivity contribution in [2.45, 2.75) is 38.3 Å². The van der Waals surface area contributed by atoms with E-state index in [0.717, 1.165) is 15.9 Å². The number of hydrogen-bond acceptors (Lipinski definition) is 7. The fourth-order valence-corrected chi connectivity index (χ4v) is 5.14. The van der Waals surface area contributed by atoms with Crippen molar-refractivity contribution in [1.29, 1.82) is 5.26 Å². The number of rotatable bonds is 8. The van der Waals surface area contributed by atoms with Crippen molar-refractivity contribution in [3.63, 3.8) is 0 Å². The second-order valence-electron chi connectivity index (χ2n) is 9.82. The molecule has 2 heterocycles. The number of carbonyl (C=O) groups is 2. The SMILES string of the molecule is CC(C)(C#N)C[C@]1(c2ccc(Br)cc2)N=C(NC(=O)O)N(C(CO)c2ccc(Cl)c(-n3ncnc3C(F)F)c2)C1=O. The first-order chi connectivity index (χ1) is 19.3. The van der Waals surface area contributed by atoms with E-state index in [9.17, 15) is 33.8 Å². The molecule has 1 aliphatic heterocycles. The number of alkyl halides is 2. The predicted octanol–water partition coefficient (Wildman–Crippen LogP) is 4.96. The minimum absolute atomic E-state index is 0.00321. The summed E-state index contributed by atoms with van der Waals surface area (Å²) in [5.41, 5.74) is -2.23. The second kappa shape index (κ2) is 11.5. The molecule has 41 heavy (non-hydrogen) atoms. The number of amides is 2. The highest BCUT2D eigenvalue weighted by Crippen LogP contribution is 2.45. The van der Waals surface area contributed by atoms with Crippen molar-refractivity contribution in [1.82, 2.24) is 25.0 Å². The van der Waals surface area contributed by atoms with Crippen molar-refractivity contribution >= 4 is 45.5 Å². The molecule has 214 valence electrons. The van der Waals surface area contributed by atoms with E-state index in [1.807, 2.05) is 0 Å². The van der Waals surface area contributed by atoms with Crippen LogP contribution in [0.3, 0.4) is 0 Å². The minimum atomic E-state index is -2.97. The molecule has 0 saturated heterocycles. The van der Waals surface area contributed by atoms with Crippen LogP contribution in [0.25, 0.3) is 5.69 Å². The summed E-state index contributed by atoms with van der Waals surface area (Å²) in [4.78, 5) is 35.3. The van der Waals surface area contributed by atoms with Crippen LogP contribution in [0.2, 0.25) is 5.02 Å². The van der Waals surface area contributed by atoms with Crippen molar-refractivity contribution in [3.05, 3.63) is 75.2 Å². The fraction of sp³-hybridized carbons (Fsp3) is 0.308. The van der Waals surface area contributed by atoms with Gasteiger partial charge in [0.15, 0.2) is 11.4 Å². The number of aromatic nitrogens is 3. The molecule has 1 aromatic heterocycles. The highest BCUT2D eigenvalue weighted by atomic mass is 79.9. The van der Waals surface area contributed by atoms with Gasteiger partial charge in [0, 0.05) is 10.9 Å². The normalized spacial score (nSPS) is 17.9. The van der Waals surface area contributed by atoms with E-state index < -0.39 is 47.9 Å². The fourth-order valence-electron chi connectivity index (χ4n) is 4.68. The van der Waals surface area contributed by atoms with E-state index in [1.54, 1.807) is 38.1 Å². The van der Waals surface area contributed by atoms with E-state index >= 15 is 0 Å². The molecule has 2 amide bonds. The van der Waals surface area contributed by atoms with Crippen molar-refractivity contribution in [2.75, 3.05) is 6.61 Å². The van der Waals surface area contributed by atoms with Gasteiger partial charge >= 0.3 is 6.09 Å². The van der Waals surface area contributed by atoms with Crippen molar-refractivity contribution < 1.29 is 28.6 Å². The molecule has 0 saturated carbocycles. The first-order valence-corrected chi connectivity index (χ1v) is 13.2. The predicted molar refractivity (Wildman–Crippen MR) is 146 cm³/mol. The van der Waals surface area contributed by atoms with Crippen LogP contribution >= 0.6 is 27.5 Å². The number of aliphatic hydroxyl groups is 1. The molecular formula is C26H23BrClF2N7O4. The monoisotopic (exact) mass is 649 g/mol. The number of benzene rings is 2. The Balaban J connectivity index is 1.89. The lowest BCUT2D eigenvalue weighted by Gasteiger charge is -2.33. The third-order valence-electron chi connectivity index (χ3n) is 6.48. The standard InChI is InChI=1S/C26H23BrClF2N7O4/c1-25(2,12-31)11-26(15-4-6-16(27)7-5-15)22(39)36(23(35-26)34-24(40)41)19(10-38)14-3-8-17(28)18(9-14)37-21(20(29)30)32-13-33-37/h3-9,13,19-20,38H,10-11H2,1-2H3,(H,34,35)(H,40,41)/t19?,26-/m1/s1. The van der Waals surface area contributed by atoms with Crippen LogP contribution in [0.5, 0.6) is 0 Å². The third-order valence-corrected chi connectivity index (χ3v) is 7.32. The average Bonchev–Trinajstić information content (AvgIpc) is 3.50. The minimum Gasteiger partial charge on any atom is -0.465 e. The summed E-state index contributed by atoms with van der Waals surface area (Å²) in [7, 11) is 0. The molecule has 0 fully saturated rings. The Bertz CT molecular complexity index is 1560. The third kappa shape index (κ3) is 5.79. The number of nitriles is 1. The molecule has 11 nitrogen and oxygen atoms in total. The van der Waals surface area contributed by atoms with Crippen LogP contribution in [0.4, 0.5) is 13.6 Å². The Morgan fingerprint density at radius 3 is 2.54 bits per heavy atom. The van der Waals surface area contributed by atoms with Gasteiger partial charge in [-0.2, -0.15) is 10.4 Å². The zero-order valence-electron chi connectivity index (χ0n) is 21.6. The molecule has 0 spiro atoms. The molecule has 2 aromatic carbocycles. The Labute approximate surface area is 246 Å². The molecule has 1 aliphatic rings. The number of guanidine groups is 1. The van der Waals surface area contributed by atoms with E-state index in [0.29, 0.717) is 10.0 Å². The molecular weight excluding hydrogens is 628 g/mol. The van der Waals surface area contributed by atoms with Gasteiger partial charge in [-0.3, -0.25) is 15.0 Å². The van der Waals surface area contributed by atoms with Gasteiger partial charge < -0.3 is 10.2 Å². The topological polar surface area (TPSA) is 157 Å². The highest BCUT2D eigenvalue weighted by molar-refractivity contribution is 9.10. The number of carbonyl (C=O) groups excluding carboxylic acids is 1. The lowest BCUT2D eigenvalue weighted by atomic mass is 9.75. The van der Waals surface area contributed by atoms with Crippen LogP contribution in [-0.4, -0.2) is 54.4 Å². The molecule has 15 heteroatoms. The number of nitrogens with zero attached hydrogens (tertiary/aromatic N) is 6. The maximum atomic E-state index is 14.4. The molecule has 0 bridgehead atoms.